The zero-order valence-corrected chi connectivity index (χ0v) is 7.77. The first-order valence-electron chi connectivity index (χ1n) is 4.28. The Kier molecular flexibility index (Phi) is 3.23. The summed E-state index contributed by atoms with van der Waals surface area (Å²) in [5.74, 6) is 0. The molecule has 0 fully saturated rings. The molecule has 0 bridgehead atoms. The van der Waals surface area contributed by atoms with Crippen molar-refractivity contribution in [3.8, 4) is 0 Å². The molecule has 2 atom stereocenters. The molecule has 0 aliphatic carbocycles. The Balaban J connectivity index is 2.94. The van der Waals surface area contributed by atoms with Crippen LogP contribution in [-0.2, 0) is 0 Å². The van der Waals surface area contributed by atoms with Crippen molar-refractivity contribution in [3.63, 3.8) is 0 Å². The summed E-state index contributed by atoms with van der Waals surface area (Å²) in [4.78, 5) is 0. The minimum absolute atomic E-state index is 0.376. The first-order valence-corrected chi connectivity index (χ1v) is 4.28. The van der Waals surface area contributed by atoms with Crippen LogP contribution in [0.15, 0.2) is 36.9 Å². The fourth-order valence-electron chi connectivity index (χ4n) is 1.29. The Morgan fingerprint density at radius 2 is 2.08 bits per heavy atom. The first-order chi connectivity index (χ1) is 6.16. The molecule has 70 valence electrons. The van der Waals surface area contributed by atoms with Gasteiger partial charge in [-0.3, -0.25) is 0 Å². The third kappa shape index (κ3) is 2.17. The summed E-state index contributed by atoms with van der Waals surface area (Å²) in [5.41, 5.74) is 7.89. The van der Waals surface area contributed by atoms with Gasteiger partial charge in [0.05, 0.1) is 12.1 Å². The van der Waals surface area contributed by atoms with Gasteiger partial charge in [-0.05, 0) is 18.1 Å². The van der Waals surface area contributed by atoms with E-state index in [1.807, 2.05) is 31.2 Å². The molecule has 0 saturated heterocycles. The molecule has 1 aromatic rings. The van der Waals surface area contributed by atoms with Gasteiger partial charge in [0.1, 0.15) is 0 Å². The maximum Gasteiger partial charge on any atom is 0.0911 e. The van der Waals surface area contributed by atoms with Crippen LogP contribution >= 0.6 is 0 Å². The largest absolute Gasteiger partial charge is 0.387 e. The molecule has 0 aromatic heterocycles. The van der Waals surface area contributed by atoms with Crippen molar-refractivity contribution >= 4 is 0 Å². The molecule has 0 amide bonds. The Hall–Kier alpha value is -1.12. The van der Waals surface area contributed by atoms with Crippen molar-refractivity contribution in [2.75, 3.05) is 0 Å². The van der Waals surface area contributed by atoms with E-state index in [2.05, 4.69) is 6.58 Å². The topological polar surface area (TPSA) is 46.2 Å². The van der Waals surface area contributed by atoms with E-state index in [0.29, 0.717) is 0 Å². The summed E-state index contributed by atoms with van der Waals surface area (Å²) >= 11 is 0. The molecule has 0 aliphatic rings. The third-order valence-electron chi connectivity index (χ3n) is 2.16. The Morgan fingerprint density at radius 3 is 2.62 bits per heavy atom. The van der Waals surface area contributed by atoms with Gasteiger partial charge in [0.25, 0.3) is 0 Å². The Morgan fingerprint density at radius 1 is 1.46 bits per heavy atom. The second-order valence-corrected chi connectivity index (χ2v) is 3.11. The Bertz CT molecular complexity index is 296. The molecule has 1 rings (SSSR count). The average Bonchev–Trinajstić information content (AvgIpc) is 2.16. The van der Waals surface area contributed by atoms with Gasteiger partial charge in [-0.15, -0.1) is 6.58 Å². The van der Waals surface area contributed by atoms with Crippen molar-refractivity contribution in [2.24, 2.45) is 5.73 Å². The van der Waals surface area contributed by atoms with E-state index in [0.717, 1.165) is 11.1 Å². The predicted octanol–water partition coefficient (Wildman–Crippen LogP) is 1.54. The van der Waals surface area contributed by atoms with Crippen molar-refractivity contribution in [1.29, 1.82) is 0 Å². The number of benzene rings is 1. The number of aryl methyl sites for hydroxylation is 1. The summed E-state index contributed by atoms with van der Waals surface area (Å²) in [6.07, 6.45) is 0.776. The zero-order chi connectivity index (χ0) is 9.84. The summed E-state index contributed by atoms with van der Waals surface area (Å²) in [7, 11) is 0. The van der Waals surface area contributed by atoms with Crippen LogP contribution in [0.25, 0.3) is 0 Å². The number of aliphatic hydroxyl groups excluding tert-OH is 1. The van der Waals surface area contributed by atoms with E-state index in [1.54, 1.807) is 0 Å². The number of aliphatic hydroxyl groups is 1. The van der Waals surface area contributed by atoms with Crippen LogP contribution in [0.5, 0.6) is 0 Å². The van der Waals surface area contributed by atoms with Gasteiger partial charge in [0.15, 0.2) is 0 Å². The number of nitrogens with two attached hydrogens (primary N) is 1. The lowest BCUT2D eigenvalue weighted by Gasteiger charge is -2.17. The van der Waals surface area contributed by atoms with Crippen LogP contribution in [0.4, 0.5) is 0 Å². The van der Waals surface area contributed by atoms with Gasteiger partial charge in [-0.1, -0.05) is 30.3 Å². The molecule has 0 radical (unpaired) electrons. The van der Waals surface area contributed by atoms with Gasteiger partial charge < -0.3 is 10.8 Å². The lowest BCUT2D eigenvalue weighted by atomic mass is 9.98. The molecule has 13 heavy (non-hydrogen) atoms. The van der Waals surface area contributed by atoms with E-state index in [1.165, 1.54) is 6.08 Å². The smallest absolute Gasteiger partial charge is 0.0911 e. The van der Waals surface area contributed by atoms with E-state index in [4.69, 9.17) is 5.73 Å². The van der Waals surface area contributed by atoms with Gasteiger partial charge in [-0.25, -0.2) is 0 Å². The second kappa shape index (κ2) is 4.21. The fraction of sp³-hybridized carbons (Fsp3) is 0.273. The molecule has 0 heterocycles. The molecule has 2 nitrogen and oxygen atoms in total. The van der Waals surface area contributed by atoms with Crippen LogP contribution in [0.1, 0.15) is 17.2 Å². The molecule has 2 unspecified atom stereocenters. The van der Waals surface area contributed by atoms with Crippen molar-refractivity contribution in [3.05, 3.63) is 48.0 Å². The number of rotatable bonds is 3. The van der Waals surface area contributed by atoms with Crippen LogP contribution in [0, 0.1) is 6.92 Å². The standard InChI is InChI=1S/C11H15NO/c1-3-10(13)11(12)9-7-5-4-6-8(9)2/h3-7,10-11,13H,1,12H2,2H3. The number of hydrogen-bond acceptors (Lipinski definition) is 2. The highest BCUT2D eigenvalue weighted by atomic mass is 16.3. The van der Waals surface area contributed by atoms with Crippen LogP contribution in [-0.4, -0.2) is 11.2 Å². The maximum atomic E-state index is 9.46. The van der Waals surface area contributed by atoms with Gasteiger partial charge in [0.2, 0.25) is 0 Å². The monoisotopic (exact) mass is 177 g/mol. The zero-order valence-electron chi connectivity index (χ0n) is 7.77. The SMILES string of the molecule is C=CC(O)C(N)c1ccccc1C. The van der Waals surface area contributed by atoms with Crippen molar-refractivity contribution < 1.29 is 5.11 Å². The summed E-state index contributed by atoms with van der Waals surface area (Å²) < 4.78 is 0. The lowest BCUT2D eigenvalue weighted by Crippen LogP contribution is -2.24. The van der Waals surface area contributed by atoms with Crippen molar-refractivity contribution in [2.45, 2.75) is 19.1 Å². The highest BCUT2D eigenvalue weighted by Gasteiger charge is 2.14. The minimum atomic E-state index is -0.680. The quantitative estimate of drug-likeness (QED) is 0.688. The highest BCUT2D eigenvalue weighted by molar-refractivity contribution is 5.29. The van der Waals surface area contributed by atoms with Gasteiger partial charge in [-0.2, -0.15) is 0 Å². The molecular formula is C11H15NO. The fourth-order valence-corrected chi connectivity index (χ4v) is 1.29. The van der Waals surface area contributed by atoms with E-state index in [9.17, 15) is 5.11 Å². The second-order valence-electron chi connectivity index (χ2n) is 3.11. The Labute approximate surface area is 78.7 Å². The predicted molar refractivity (Wildman–Crippen MR) is 54.3 cm³/mol. The molecule has 0 saturated carbocycles. The molecule has 0 aliphatic heterocycles. The van der Waals surface area contributed by atoms with E-state index >= 15 is 0 Å². The first kappa shape index (κ1) is 9.96. The molecular weight excluding hydrogens is 162 g/mol. The number of hydrogen-bond donors (Lipinski definition) is 2. The van der Waals surface area contributed by atoms with Crippen LogP contribution in [0.3, 0.4) is 0 Å². The average molecular weight is 177 g/mol. The normalized spacial score (nSPS) is 15.0. The van der Waals surface area contributed by atoms with E-state index in [-0.39, 0.29) is 6.04 Å². The van der Waals surface area contributed by atoms with Crippen LogP contribution < -0.4 is 5.73 Å². The van der Waals surface area contributed by atoms with Gasteiger partial charge >= 0.3 is 0 Å². The van der Waals surface area contributed by atoms with Gasteiger partial charge in [0, 0.05) is 0 Å². The van der Waals surface area contributed by atoms with Crippen LogP contribution in [0.2, 0.25) is 0 Å². The van der Waals surface area contributed by atoms with E-state index < -0.39 is 6.10 Å². The van der Waals surface area contributed by atoms with Crippen molar-refractivity contribution in [1.82, 2.24) is 0 Å². The highest BCUT2D eigenvalue weighted by Crippen LogP contribution is 2.18. The minimum Gasteiger partial charge on any atom is -0.387 e. The summed E-state index contributed by atoms with van der Waals surface area (Å²) in [6.45, 7) is 5.48. The summed E-state index contributed by atoms with van der Waals surface area (Å²) in [5, 5.41) is 9.46. The lowest BCUT2D eigenvalue weighted by molar-refractivity contribution is 0.192. The molecule has 2 heteroatoms. The molecule has 0 spiro atoms. The molecule has 1 aromatic carbocycles. The molecule has 3 N–H and O–H groups in total. The maximum absolute atomic E-state index is 9.46. The summed E-state index contributed by atoms with van der Waals surface area (Å²) in [6, 6.07) is 7.39. The third-order valence-corrected chi connectivity index (χ3v) is 2.16.